The van der Waals surface area contributed by atoms with Crippen molar-refractivity contribution in [3.8, 4) is 0 Å². The molecule has 4 atom stereocenters. The predicted octanol–water partition coefficient (Wildman–Crippen LogP) is 1.27. The molecule has 39 heavy (non-hydrogen) atoms. The number of likely N-dealkylation sites (N-methyl/N-ethyl adjacent to an activating group) is 1. The topological polar surface area (TPSA) is 148 Å². The highest BCUT2D eigenvalue weighted by atomic mass is 16.3. The standard InChI is InChI=1S/C27H39N5O4.CH2O2/c1-18(28-2)24(33)30-22-11-4-3-10-21-12-13-23(32(21)27(22)36)25(34)29-17-19-8-7-9-20(16-19)26(35)31-14-5-6-15-31;2-1-3/h7-9,16,18,21-23,28H,3-6,10-15,17H2,1-2H3,(H,29,34)(H,30,33);1H,(H,2,3). The third-order valence-electron chi connectivity index (χ3n) is 7.81. The van der Waals surface area contributed by atoms with Crippen molar-refractivity contribution in [2.75, 3.05) is 20.1 Å². The van der Waals surface area contributed by atoms with Crippen LogP contribution < -0.4 is 16.0 Å². The van der Waals surface area contributed by atoms with E-state index in [4.69, 9.17) is 9.90 Å². The lowest BCUT2D eigenvalue weighted by Crippen LogP contribution is -2.57. The number of hydrogen-bond acceptors (Lipinski definition) is 6. The first-order valence-electron chi connectivity index (χ1n) is 13.8. The second-order valence-corrected chi connectivity index (χ2v) is 10.4. The monoisotopic (exact) mass is 543 g/mol. The molecule has 0 bridgehead atoms. The van der Waals surface area contributed by atoms with Gasteiger partial charge in [0.05, 0.1) is 6.04 Å². The fraction of sp³-hybridized carbons (Fsp3) is 0.607. The highest BCUT2D eigenvalue weighted by Crippen LogP contribution is 2.31. The number of nitrogens with one attached hydrogen (secondary N) is 3. The van der Waals surface area contributed by atoms with Crippen molar-refractivity contribution in [1.82, 2.24) is 25.8 Å². The van der Waals surface area contributed by atoms with E-state index in [0.29, 0.717) is 24.9 Å². The maximum Gasteiger partial charge on any atom is 0.290 e. The minimum Gasteiger partial charge on any atom is -0.483 e. The highest BCUT2D eigenvalue weighted by Gasteiger charge is 2.43. The summed E-state index contributed by atoms with van der Waals surface area (Å²) < 4.78 is 0. The fourth-order valence-electron chi connectivity index (χ4n) is 5.57. The molecule has 4 N–H and O–H groups in total. The first-order chi connectivity index (χ1) is 18.8. The molecular formula is C28H41N5O6. The molecule has 0 radical (unpaired) electrons. The van der Waals surface area contributed by atoms with Crippen LogP contribution in [0.2, 0.25) is 0 Å². The molecule has 0 aliphatic carbocycles. The van der Waals surface area contributed by atoms with Crippen molar-refractivity contribution in [3.05, 3.63) is 35.4 Å². The minimum absolute atomic E-state index is 0.0242. The summed E-state index contributed by atoms with van der Waals surface area (Å²) >= 11 is 0. The third kappa shape index (κ3) is 7.78. The van der Waals surface area contributed by atoms with Gasteiger partial charge in [-0.2, -0.15) is 0 Å². The largest absolute Gasteiger partial charge is 0.483 e. The van der Waals surface area contributed by atoms with E-state index in [-0.39, 0.29) is 36.1 Å². The number of hydrogen-bond donors (Lipinski definition) is 4. The molecule has 0 spiro atoms. The number of nitrogens with zero attached hydrogens (tertiary/aromatic N) is 2. The first-order valence-corrected chi connectivity index (χ1v) is 13.8. The van der Waals surface area contributed by atoms with Crippen LogP contribution in [0.5, 0.6) is 0 Å². The minimum atomic E-state index is -0.613. The lowest BCUT2D eigenvalue weighted by Gasteiger charge is -2.35. The van der Waals surface area contributed by atoms with Crippen LogP contribution in [0.1, 0.15) is 74.2 Å². The maximum absolute atomic E-state index is 13.5. The van der Waals surface area contributed by atoms with Crippen molar-refractivity contribution >= 4 is 30.1 Å². The molecule has 1 aromatic carbocycles. The number of likely N-dealkylation sites (tertiary alicyclic amines) is 1. The van der Waals surface area contributed by atoms with Crippen molar-refractivity contribution in [2.45, 2.75) is 89.0 Å². The molecule has 3 aliphatic heterocycles. The summed E-state index contributed by atoms with van der Waals surface area (Å²) in [4.78, 5) is 63.9. The Bertz CT molecular complexity index is 1030. The number of carbonyl (C=O) groups excluding carboxylic acids is 4. The lowest BCUT2D eigenvalue weighted by atomic mass is 9.98. The Balaban J connectivity index is 0.00000134. The molecule has 4 rings (SSSR count). The molecule has 1 aromatic rings. The van der Waals surface area contributed by atoms with Gasteiger partial charge in [0, 0.05) is 31.2 Å². The molecule has 3 fully saturated rings. The normalized spacial score (nSPS) is 23.4. The second-order valence-electron chi connectivity index (χ2n) is 10.4. The summed E-state index contributed by atoms with van der Waals surface area (Å²) in [6.45, 7) is 3.39. The highest BCUT2D eigenvalue weighted by molar-refractivity contribution is 5.95. The van der Waals surface area contributed by atoms with Gasteiger partial charge >= 0.3 is 0 Å². The Morgan fingerprint density at radius 1 is 1.08 bits per heavy atom. The van der Waals surface area contributed by atoms with E-state index in [2.05, 4.69) is 16.0 Å². The van der Waals surface area contributed by atoms with E-state index in [1.165, 1.54) is 0 Å². The molecule has 0 aromatic heterocycles. The van der Waals surface area contributed by atoms with E-state index in [0.717, 1.165) is 57.2 Å². The zero-order valence-electron chi connectivity index (χ0n) is 22.9. The van der Waals surface area contributed by atoms with Gasteiger partial charge in [-0.15, -0.1) is 0 Å². The lowest BCUT2D eigenvalue weighted by molar-refractivity contribution is -0.144. The summed E-state index contributed by atoms with van der Waals surface area (Å²) in [5.41, 5.74) is 1.49. The van der Waals surface area contributed by atoms with Gasteiger partial charge in [0.15, 0.2) is 0 Å². The average Bonchev–Trinajstić information content (AvgIpc) is 3.62. The molecule has 3 saturated heterocycles. The van der Waals surface area contributed by atoms with Crippen LogP contribution in [0.4, 0.5) is 0 Å². The van der Waals surface area contributed by atoms with Gasteiger partial charge in [-0.05, 0) is 70.2 Å². The van der Waals surface area contributed by atoms with Gasteiger partial charge < -0.3 is 30.9 Å². The smallest absolute Gasteiger partial charge is 0.290 e. The van der Waals surface area contributed by atoms with Crippen LogP contribution >= 0.6 is 0 Å². The van der Waals surface area contributed by atoms with Crippen molar-refractivity contribution in [2.24, 2.45) is 0 Å². The number of carbonyl (C=O) groups is 5. The third-order valence-corrected chi connectivity index (χ3v) is 7.81. The number of amides is 4. The summed E-state index contributed by atoms with van der Waals surface area (Å²) in [7, 11) is 1.71. The van der Waals surface area contributed by atoms with Crippen LogP contribution in [0.3, 0.4) is 0 Å². The Morgan fingerprint density at radius 2 is 1.77 bits per heavy atom. The molecule has 3 heterocycles. The number of carboxylic acid groups (broad SMARTS) is 1. The van der Waals surface area contributed by atoms with E-state index in [9.17, 15) is 19.2 Å². The van der Waals surface area contributed by atoms with E-state index in [1.54, 1.807) is 18.9 Å². The van der Waals surface area contributed by atoms with Gasteiger partial charge in [0.1, 0.15) is 12.1 Å². The predicted molar refractivity (Wildman–Crippen MR) is 145 cm³/mol. The molecule has 214 valence electrons. The van der Waals surface area contributed by atoms with Crippen LogP contribution in [0, 0.1) is 0 Å². The fourth-order valence-corrected chi connectivity index (χ4v) is 5.57. The second kappa shape index (κ2) is 14.6. The van der Waals surface area contributed by atoms with Crippen molar-refractivity contribution in [3.63, 3.8) is 0 Å². The Kier molecular flexibility index (Phi) is 11.3. The van der Waals surface area contributed by atoms with Crippen molar-refractivity contribution < 1.29 is 29.1 Å². The summed E-state index contributed by atoms with van der Waals surface area (Å²) in [5, 5.41) is 15.7. The van der Waals surface area contributed by atoms with Gasteiger partial charge in [0.2, 0.25) is 17.7 Å². The quantitative estimate of drug-likeness (QED) is 0.379. The first kappa shape index (κ1) is 30.1. The molecule has 11 nitrogen and oxygen atoms in total. The number of benzene rings is 1. The Morgan fingerprint density at radius 3 is 2.46 bits per heavy atom. The van der Waals surface area contributed by atoms with E-state index < -0.39 is 18.1 Å². The van der Waals surface area contributed by atoms with E-state index >= 15 is 0 Å². The zero-order chi connectivity index (χ0) is 28.4. The zero-order valence-corrected chi connectivity index (χ0v) is 22.9. The van der Waals surface area contributed by atoms with Crippen LogP contribution in [-0.2, 0) is 25.7 Å². The number of fused-ring (bicyclic) bond motifs is 1. The van der Waals surface area contributed by atoms with Gasteiger partial charge in [-0.25, -0.2) is 0 Å². The molecule has 3 aliphatic rings. The van der Waals surface area contributed by atoms with Crippen LogP contribution in [0.25, 0.3) is 0 Å². The van der Waals surface area contributed by atoms with Crippen LogP contribution in [-0.4, -0.2) is 89.3 Å². The molecule has 4 amide bonds. The molecule has 4 unspecified atom stereocenters. The van der Waals surface area contributed by atoms with Gasteiger partial charge in [-0.1, -0.05) is 25.0 Å². The molecule has 0 saturated carbocycles. The number of rotatable bonds is 7. The maximum atomic E-state index is 13.5. The summed E-state index contributed by atoms with van der Waals surface area (Å²) in [5.74, 6) is -0.522. The van der Waals surface area contributed by atoms with Gasteiger partial charge in [0.25, 0.3) is 12.4 Å². The van der Waals surface area contributed by atoms with E-state index in [1.807, 2.05) is 29.2 Å². The SMILES string of the molecule is CNC(C)C(=O)NC1CCCCC2CCC(C(=O)NCc3cccc(C(=O)N4CCCC4)c3)N2C1=O.O=CO. The van der Waals surface area contributed by atoms with Crippen LogP contribution in [0.15, 0.2) is 24.3 Å². The van der Waals surface area contributed by atoms with Crippen molar-refractivity contribution in [1.29, 1.82) is 0 Å². The van der Waals surface area contributed by atoms with Gasteiger partial charge in [-0.3, -0.25) is 24.0 Å². The molecule has 11 heteroatoms. The summed E-state index contributed by atoms with van der Waals surface area (Å²) in [6.07, 6.45) is 6.78. The molecular weight excluding hydrogens is 502 g/mol. The summed E-state index contributed by atoms with van der Waals surface area (Å²) in [6, 6.07) is 5.87. The Labute approximate surface area is 229 Å². The average molecular weight is 544 g/mol. The Hall–Kier alpha value is -3.47.